The number of benzene rings is 1. The molecule has 96 valence electrons. The van der Waals surface area contributed by atoms with Gasteiger partial charge in [0.25, 0.3) is 0 Å². The minimum atomic E-state index is 0.00800. The third kappa shape index (κ3) is 3.57. The van der Waals surface area contributed by atoms with Gasteiger partial charge in [-0.2, -0.15) is 0 Å². The second-order valence-corrected chi connectivity index (χ2v) is 5.41. The largest absolute Gasteiger partial charge is 0.312 e. The summed E-state index contributed by atoms with van der Waals surface area (Å²) in [6.07, 6.45) is 6.34. The number of nitrogens with one attached hydrogen (secondary N) is 1. The lowest BCUT2D eigenvalue weighted by Crippen LogP contribution is -1.92. The van der Waals surface area contributed by atoms with E-state index >= 15 is 0 Å². The second-order valence-electron chi connectivity index (χ2n) is 4.57. The van der Waals surface area contributed by atoms with Crippen LogP contribution >= 0.6 is 11.3 Å². The Morgan fingerprint density at radius 2 is 1.89 bits per heavy atom. The Balaban J connectivity index is 1.95. The monoisotopic (exact) mass is 261 g/mol. The molecule has 2 nitrogen and oxygen atoms in total. The topological polar surface area (TPSA) is 32.9 Å². The van der Waals surface area contributed by atoms with E-state index in [2.05, 4.69) is 36.2 Å². The van der Waals surface area contributed by atoms with E-state index in [0.717, 1.165) is 17.7 Å². The van der Waals surface area contributed by atoms with E-state index in [1.807, 2.05) is 5.38 Å². The molecule has 1 aromatic carbocycles. The lowest BCUT2D eigenvalue weighted by molar-refractivity contribution is 0.667. The lowest BCUT2D eigenvalue weighted by Gasteiger charge is -2.03. The van der Waals surface area contributed by atoms with Crippen LogP contribution in [0.1, 0.15) is 38.2 Å². The molecular weight excluding hydrogens is 242 g/mol. The number of rotatable bonds is 6. The number of aryl methyl sites for hydroxylation is 1. The molecule has 0 unspecified atom stereocenters. The molecular formula is C15H19NOS. The first-order chi connectivity index (χ1) is 8.79. The highest BCUT2D eigenvalue weighted by molar-refractivity contribution is 7.07. The normalized spacial score (nSPS) is 10.7. The smallest absolute Gasteiger partial charge is 0.304 e. The predicted octanol–water partition coefficient (Wildman–Crippen LogP) is 4.23. The summed E-state index contributed by atoms with van der Waals surface area (Å²) in [5, 5.41) is 1.87. The SMILES string of the molecule is CCCCCCc1ccc(-c2csc(=O)[nH]2)cc1. The molecule has 0 atom stereocenters. The fourth-order valence-electron chi connectivity index (χ4n) is 2.03. The highest BCUT2D eigenvalue weighted by atomic mass is 32.1. The molecule has 0 saturated heterocycles. The molecule has 1 heterocycles. The summed E-state index contributed by atoms with van der Waals surface area (Å²) >= 11 is 1.21. The highest BCUT2D eigenvalue weighted by Gasteiger charge is 2.00. The van der Waals surface area contributed by atoms with Crippen molar-refractivity contribution in [2.45, 2.75) is 39.0 Å². The van der Waals surface area contributed by atoms with Crippen LogP contribution in [0.3, 0.4) is 0 Å². The van der Waals surface area contributed by atoms with E-state index in [9.17, 15) is 4.79 Å². The molecule has 0 amide bonds. The predicted molar refractivity (Wildman–Crippen MR) is 78.2 cm³/mol. The molecule has 0 bridgehead atoms. The van der Waals surface area contributed by atoms with Crippen molar-refractivity contribution in [2.75, 3.05) is 0 Å². The van der Waals surface area contributed by atoms with Crippen LogP contribution in [0.15, 0.2) is 34.4 Å². The Kier molecular flexibility index (Phi) is 4.76. The van der Waals surface area contributed by atoms with Crippen molar-refractivity contribution in [3.63, 3.8) is 0 Å². The van der Waals surface area contributed by atoms with E-state index in [-0.39, 0.29) is 4.87 Å². The van der Waals surface area contributed by atoms with E-state index in [4.69, 9.17) is 0 Å². The van der Waals surface area contributed by atoms with Gasteiger partial charge in [0.15, 0.2) is 0 Å². The summed E-state index contributed by atoms with van der Waals surface area (Å²) in [6.45, 7) is 2.23. The quantitative estimate of drug-likeness (QED) is 0.776. The summed E-state index contributed by atoms with van der Waals surface area (Å²) < 4.78 is 0. The van der Waals surface area contributed by atoms with Crippen LogP contribution in [0.5, 0.6) is 0 Å². The molecule has 0 aliphatic rings. The second kappa shape index (κ2) is 6.55. The van der Waals surface area contributed by atoms with Gasteiger partial charge in [0.2, 0.25) is 0 Å². The molecule has 0 spiro atoms. The molecule has 2 rings (SSSR count). The Labute approximate surface area is 112 Å². The summed E-state index contributed by atoms with van der Waals surface area (Å²) in [4.78, 5) is 13.9. The van der Waals surface area contributed by atoms with Gasteiger partial charge in [-0.25, -0.2) is 0 Å². The van der Waals surface area contributed by atoms with Crippen LogP contribution in [0, 0.1) is 0 Å². The van der Waals surface area contributed by atoms with Crippen LogP contribution < -0.4 is 4.87 Å². The van der Waals surface area contributed by atoms with Crippen LogP contribution in [-0.4, -0.2) is 4.98 Å². The third-order valence-electron chi connectivity index (χ3n) is 3.10. The van der Waals surface area contributed by atoms with Crippen molar-refractivity contribution in [1.29, 1.82) is 0 Å². The molecule has 0 aliphatic carbocycles. The van der Waals surface area contributed by atoms with E-state index in [1.165, 1.54) is 42.6 Å². The zero-order chi connectivity index (χ0) is 12.8. The number of hydrogen-bond acceptors (Lipinski definition) is 2. The average Bonchev–Trinajstić information content (AvgIpc) is 2.82. The summed E-state index contributed by atoms with van der Waals surface area (Å²) in [7, 11) is 0. The summed E-state index contributed by atoms with van der Waals surface area (Å²) in [5.74, 6) is 0. The van der Waals surface area contributed by atoms with Crippen LogP contribution in [0.4, 0.5) is 0 Å². The van der Waals surface area contributed by atoms with Gasteiger partial charge in [-0.15, -0.1) is 0 Å². The van der Waals surface area contributed by atoms with Crippen molar-refractivity contribution in [2.24, 2.45) is 0 Å². The number of thiazole rings is 1. The number of aromatic nitrogens is 1. The maximum Gasteiger partial charge on any atom is 0.304 e. The number of H-pyrrole nitrogens is 1. The van der Waals surface area contributed by atoms with Gasteiger partial charge in [-0.3, -0.25) is 4.79 Å². The Morgan fingerprint density at radius 1 is 1.11 bits per heavy atom. The fourth-order valence-corrected chi connectivity index (χ4v) is 2.62. The van der Waals surface area contributed by atoms with Gasteiger partial charge in [0, 0.05) is 5.38 Å². The van der Waals surface area contributed by atoms with Crippen molar-refractivity contribution in [3.8, 4) is 11.3 Å². The van der Waals surface area contributed by atoms with Gasteiger partial charge in [0.05, 0.1) is 5.69 Å². The zero-order valence-electron chi connectivity index (χ0n) is 10.7. The van der Waals surface area contributed by atoms with Crippen LogP contribution in [0.2, 0.25) is 0 Å². The minimum absolute atomic E-state index is 0.00800. The molecule has 0 saturated carbocycles. The van der Waals surface area contributed by atoms with Gasteiger partial charge in [0.1, 0.15) is 0 Å². The summed E-state index contributed by atoms with van der Waals surface area (Å²) in [5.41, 5.74) is 3.39. The van der Waals surface area contributed by atoms with Gasteiger partial charge in [-0.05, 0) is 24.0 Å². The van der Waals surface area contributed by atoms with Crippen molar-refractivity contribution in [1.82, 2.24) is 4.98 Å². The van der Waals surface area contributed by atoms with E-state index in [0.29, 0.717) is 0 Å². The molecule has 3 heteroatoms. The van der Waals surface area contributed by atoms with Crippen LogP contribution in [0.25, 0.3) is 11.3 Å². The standard InChI is InChI=1S/C15H19NOS/c1-2-3-4-5-6-12-7-9-13(10-8-12)14-11-18-15(17)16-14/h7-11H,2-6H2,1H3,(H,16,17). The van der Waals surface area contributed by atoms with Crippen molar-refractivity contribution < 1.29 is 0 Å². The minimum Gasteiger partial charge on any atom is -0.312 e. The van der Waals surface area contributed by atoms with Crippen LogP contribution in [-0.2, 0) is 6.42 Å². The molecule has 18 heavy (non-hydrogen) atoms. The Hall–Kier alpha value is -1.35. The number of aromatic amines is 1. The first-order valence-corrected chi connectivity index (χ1v) is 7.44. The molecule has 1 N–H and O–H groups in total. The Bertz CT molecular complexity index is 524. The number of hydrogen-bond donors (Lipinski definition) is 1. The maximum atomic E-state index is 11.1. The highest BCUT2D eigenvalue weighted by Crippen LogP contribution is 2.18. The molecule has 0 fully saturated rings. The fraction of sp³-hybridized carbons (Fsp3) is 0.400. The molecule has 0 radical (unpaired) electrons. The first-order valence-electron chi connectivity index (χ1n) is 6.56. The van der Waals surface area contributed by atoms with Crippen molar-refractivity contribution >= 4 is 11.3 Å². The molecule has 1 aromatic heterocycles. The average molecular weight is 261 g/mol. The first kappa shape index (κ1) is 13.1. The lowest BCUT2D eigenvalue weighted by atomic mass is 10.0. The number of unbranched alkanes of at least 4 members (excludes halogenated alkanes) is 3. The van der Waals surface area contributed by atoms with Gasteiger partial charge < -0.3 is 4.98 Å². The summed E-state index contributed by atoms with van der Waals surface area (Å²) in [6, 6.07) is 8.51. The molecule has 2 aromatic rings. The molecule has 0 aliphatic heterocycles. The van der Waals surface area contributed by atoms with Gasteiger partial charge in [-0.1, -0.05) is 61.8 Å². The Morgan fingerprint density at radius 3 is 2.50 bits per heavy atom. The van der Waals surface area contributed by atoms with E-state index in [1.54, 1.807) is 0 Å². The van der Waals surface area contributed by atoms with E-state index < -0.39 is 0 Å². The third-order valence-corrected chi connectivity index (χ3v) is 3.77. The zero-order valence-corrected chi connectivity index (χ0v) is 11.6. The van der Waals surface area contributed by atoms with Gasteiger partial charge >= 0.3 is 4.87 Å². The van der Waals surface area contributed by atoms with Crippen molar-refractivity contribution in [3.05, 3.63) is 44.9 Å². The maximum absolute atomic E-state index is 11.1.